The maximum absolute atomic E-state index is 12.7. The number of hydrogen-bond donors (Lipinski definition) is 0. The molecule has 11 heteroatoms. The maximum Gasteiger partial charge on any atom is 0.346 e. The first-order valence-corrected chi connectivity index (χ1v) is 10.8. The standard InChI is InChI=1S/C21H20N2O8S/c1-2-13-3-5-14(6-4-13)12-32-15(21(29)31-23-18(26)9-10-19(23)27)11-20(28)30-22-16(24)7-8-17(22)25/h2-6,15H,1,7-12H2. The van der Waals surface area contributed by atoms with Gasteiger partial charge >= 0.3 is 11.9 Å². The molecule has 10 nitrogen and oxygen atoms in total. The molecule has 1 aromatic carbocycles. The van der Waals surface area contributed by atoms with Gasteiger partial charge in [0, 0.05) is 31.4 Å². The van der Waals surface area contributed by atoms with E-state index in [9.17, 15) is 28.8 Å². The van der Waals surface area contributed by atoms with Crippen LogP contribution in [0.15, 0.2) is 30.8 Å². The number of rotatable bonds is 9. The van der Waals surface area contributed by atoms with Crippen LogP contribution in [0, 0.1) is 0 Å². The van der Waals surface area contributed by atoms with Gasteiger partial charge in [-0.1, -0.05) is 36.9 Å². The predicted molar refractivity (Wildman–Crippen MR) is 111 cm³/mol. The molecule has 0 bridgehead atoms. The molecule has 2 saturated heterocycles. The third-order valence-electron chi connectivity index (χ3n) is 4.67. The first kappa shape index (κ1) is 23.2. The average molecular weight is 460 g/mol. The number of imide groups is 2. The van der Waals surface area contributed by atoms with Crippen LogP contribution in [-0.2, 0) is 44.2 Å². The van der Waals surface area contributed by atoms with Gasteiger partial charge in [-0.05, 0) is 11.1 Å². The minimum atomic E-state index is -1.16. The van der Waals surface area contributed by atoms with E-state index in [0.717, 1.165) is 22.9 Å². The highest BCUT2D eigenvalue weighted by atomic mass is 32.2. The molecule has 0 spiro atoms. The number of carbonyl (C=O) groups is 6. The summed E-state index contributed by atoms with van der Waals surface area (Å²) in [6, 6.07) is 7.30. The van der Waals surface area contributed by atoms with E-state index in [1.54, 1.807) is 6.08 Å². The number of amides is 4. The largest absolute Gasteiger partial charge is 0.346 e. The van der Waals surface area contributed by atoms with Crippen LogP contribution in [-0.4, -0.2) is 50.9 Å². The van der Waals surface area contributed by atoms with Crippen LogP contribution in [0.5, 0.6) is 0 Å². The van der Waals surface area contributed by atoms with E-state index in [2.05, 4.69) is 6.58 Å². The Morgan fingerprint density at radius 3 is 1.91 bits per heavy atom. The van der Waals surface area contributed by atoms with E-state index in [1.807, 2.05) is 24.3 Å². The molecule has 3 rings (SSSR count). The summed E-state index contributed by atoms with van der Waals surface area (Å²) in [6.45, 7) is 3.68. The Hall–Kier alpha value is -3.47. The number of thioether (sulfide) groups is 1. The first-order valence-electron chi connectivity index (χ1n) is 9.75. The molecule has 168 valence electrons. The Labute approximate surface area is 187 Å². The van der Waals surface area contributed by atoms with Crippen LogP contribution in [0.4, 0.5) is 0 Å². The van der Waals surface area contributed by atoms with Crippen molar-refractivity contribution in [1.82, 2.24) is 10.1 Å². The number of carbonyl (C=O) groups excluding carboxylic acids is 6. The summed E-state index contributed by atoms with van der Waals surface area (Å²) < 4.78 is 0. The number of benzene rings is 1. The number of hydrogen-bond acceptors (Lipinski definition) is 9. The molecule has 0 saturated carbocycles. The van der Waals surface area contributed by atoms with Gasteiger partial charge in [-0.25, -0.2) is 9.59 Å². The summed E-state index contributed by atoms with van der Waals surface area (Å²) >= 11 is 1.03. The smallest absolute Gasteiger partial charge is 0.330 e. The SMILES string of the molecule is C=Cc1ccc(CSC(CC(=O)ON2C(=O)CCC2=O)C(=O)ON2C(=O)CCC2=O)cc1. The van der Waals surface area contributed by atoms with E-state index >= 15 is 0 Å². The lowest BCUT2D eigenvalue weighted by molar-refractivity contribution is -0.201. The number of hydroxylamine groups is 4. The van der Waals surface area contributed by atoms with Crippen molar-refractivity contribution in [2.45, 2.75) is 43.1 Å². The van der Waals surface area contributed by atoms with Crippen molar-refractivity contribution in [3.63, 3.8) is 0 Å². The lowest BCUT2D eigenvalue weighted by atomic mass is 10.1. The van der Waals surface area contributed by atoms with Crippen LogP contribution in [0.1, 0.15) is 43.2 Å². The van der Waals surface area contributed by atoms with E-state index in [-0.39, 0.29) is 25.7 Å². The lowest BCUT2D eigenvalue weighted by Gasteiger charge is -2.19. The van der Waals surface area contributed by atoms with Gasteiger partial charge in [-0.15, -0.1) is 21.9 Å². The van der Waals surface area contributed by atoms with E-state index < -0.39 is 47.2 Å². The van der Waals surface area contributed by atoms with Crippen molar-refractivity contribution in [2.24, 2.45) is 0 Å². The molecule has 2 aliphatic rings. The predicted octanol–water partition coefficient (Wildman–Crippen LogP) is 1.54. The quantitative estimate of drug-likeness (QED) is 0.504. The second-order valence-corrected chi connectivity index (χ2v) is 8.18. The Kier molecular flexibility index (Phi) is 7.41. The van der Waals surface area contributed by atoms with Crippen LogP contribution >= 0.6 is 11.8 Å². The van der Waals surface area contributed by atoms with Crippen LogP contribution in [0.2, 0.25) is 0 Å². The Bertz CT molecular complexity index is 943. The van der Waals surface area contributed by atoms with Gasteiger partial charge in [0.2, 0.25) is 0 Å². The minimum Gasteiger partial charge on any atom is -0.330 e. The fraction of sp³-hybridized carbons (Fsp3) is 0.333. The minimum absolute atomic E-state index is 0.0633. The van der Waals surface area contributed by atoms with Gasteiger partial charge in [0.25, 0.3) is 23.6 Å². The molecule has 0 radical (unpaired) electrons. The van der Waals surface area contributed by atoms with Crippen molar-refractivity contribution < 1.29 is 38.4 Å². The van der Waals surface area contributed by atoms with Crippen molar-refractivity contribution >= 4 is 53.4 Å². The van der Waals surface area contributed by atoms with E-state index in [0.29, 0.717) is 15.9 Å². The monoisotopic (exact) mass is 460 g/mol. The summed E-state index contributed by atoms with van der Waals surface area (Å²) in [4.78, 5) is 81.5. The Morgan fingerprint density at radius 1 is 0.906 bits per heavy atom. The molecule has 2 heterocycles. The molecule has 2 fully saturated rings. The molecular formula is C21H20N2O8S. The number of nitrogens with zero attached hydrogens (tertiary/aromatic N) is 2. The first-order chi connectivity index (χ1) is 15.3. The molecule has 1 aromatic rings. The fourth-order valence-corrected chi connectivity index (χ4v) is 3.93. The third kappa shape index (κ3) is 5.61. The van der Waals surface area contributed by atoms with E-state index in [4.69, 9.17) is 9.68 Å². The van der Waals surface area contributed by atoms with Gasteiger partial charge in [0.15, 0.2) is 0 Å². The van der Waals surface area contributed by atoms with Gasteiger partial charge < -0.3 is 9.68 Å². The average Bonchev–Trinajstić information content (AvgIpc) is 3.27. The molecule has 4 amide bonds. The highest BCUT2D eigenvalue weighted by Gasteiger charge is 2.37. The molecule has 32 heavy (non-hydrogen) atoms. The zero-order valence-electron chi connectivity index (χ0n) is 17.0. The van der Waals surface area contributed by atoms with Gasteiger partial charge in [0.1, 0.15) is 5.25 Å². The highest BCUT2D eigenvalue weighted by molar-refractivity contribution is 7.99. The van der Waals surface area contributed by atoms with Gasteiger partial charge in [0.05, 0.1) is 6.42 Å². The second kappa shape index (κ2) is 10.2. The Morgan fingerprint density at radius 2 is 1.41 bits per heavy atom. The zero-order valence-corrected chi connectivity index (χ0v) is 17.8. The van der Waals surface area contributed by atoms with Crippen LogP contribution in [0.25, 0.3) is 6.08 Å². The molecule has 1 unspecified atom stereocenters. The van der Waals surface area contributed by atoms with E-state index in [1.165, 1.54) is 0 Å². The van der Waals surface area contributed by atoms with Crippen LogP contribution < -0.4 is 0 Å². The Balaban J connectivity index is 1.67. The summed E-state index contributed by atoms with van der Waals surface area (Å²) in [7, 11) is 0. The lowest BCUT2D eigenvalue weighted by Crippen LogP contribution is -2.38. The molecule has 0 aliphatic carbocycles. The zero-order chi connectivity index (χ0) is 23.3. The van der Waals surface area contributed by atoms with Crippen molar-refractivity contribution in [3.05, 3.63) is 42.0 Å². The highest BCUT2D eigenvalue weighted by Crippen LogP contribution is 2.25. The normalized spacial score (nSPS) is 17.0. The van der Waals surface area contributed by atoms with Gasteiger partial charge in [-0.3, -0.25) is 19.2 Å². The third-order valence-corrected chi connectivity index (χ3v) is 5.93. The molecule has 2 aliphatic heterocycles. The molecule has 0 N–H and O–H groups in total. The van der Waals surface area contributed by atoms with Crippen molar-refractivity contribution in [1.29, 1.82) is 0 Å². The second-order valence-electron chi connectivity index (χ2n) is 6.99. The van der Waals surface area contributed by atoms with Crippen LogP contribution in [0.3, 0.4) is 0 Å². The summed E-state index contributed by atoms with van der Waals surface area (Å²) in [5.74, 6) is -4.28. The molecule has 0 aromatic heterocycles. The fourth-order valence-electron chi connectivity index (χ4n) is 2.91. The summed E-state index contributed by atoms with van der Waals surface area (Å²) in [6.07, 6.45) is 0.875. The van der Waals surface area contributed by atoms with Crippen molar-refractivity contribution in [2.75, 3.05) is 0 Å². The maximum atomic E-state index is 12.7. The van der Waals surface area contributed by atoms with Crippen molar-refractivity contribution in [3.8, 4) is 0 Å². The molecular weight excluding hydrogens is 440 g/mol. The summed E-state index contributed by atoms with van der Waals surface area (Å²) in [5.41, 5.74) is 1.74. The topological polar surface area (TPSA) is 127 Å². The summed E-state index contributed by atoms with van der Waals surface area (Å²) in [5, 5.41) is -0.375. The molecule has 1 atom stereocenters. The van der Waals surface area contributed by atoms with Gasteiger partial charge in [-0.2, -0.15) is 0 Å².